The zero-order chi connectivity index (χ0) is 12.0. The van der Waals surface area contributed by atoms with Crippen LogP contribution in [0.2, 0.25) is 0 Å². The minimum atomic E-state index is -0.605. The summed E-state index contributed by atoms with van der Waals surface area (Å²) in [6.45, 7) is 0. The highest BCUT2D eigenvalue weighted by molar-refractivity contribution is 6.11. The molecule has 0 saturated heterocycles. The average molecular weight is 227 g/mol. The van der Waals surface area contributed by atoms with E-state index in [0.717, 1.165) is 10.9 Å². The molecule has 17 heavy (non-hydrogen) atoms. The number of fused-ring (bicyclic) bond motifs is 3. The number of hydrogen-bond donors (Lipinski definition) is 2. The smallest absolute Gasteiger partial charge is 0.254 e. The normalized spacial score (nSPS) is 11.1. The number of anilines is 1. The van der Waals surface area contributed by atoms with E-state index in [1.807, 2.05) is 24.3 Å². The fraction of sp³-hybridized carbons (Fsp3) is 0. The zero-order valence-corrected chi connectivity index (χ0v) is 8.79. The molecule has 0 aliphatic carbocycles. The molecule has 6 heteroatoms. The second-order valence-electron chi connectivity index (χ2n) is 3.69. The molecule has 0 bridgehead atoms. The van der Waals surface area contributed by atoms with Crippen molar-refractivity contribution in [2.75, 3.05) is 5.73 Å². The van der Waals surface area contributed by atoms with Gasteiger partial charge in [-0.3, -0.25) is 9.20 Å². The zero-order valence-electron chi connectivity index (χ0n) is 8.79. The van der Waals surface area contributed by atoms with Crippen LogP contribution in [0.25, 0.3) is 16.6 Å². The second kappa shape index (κ2) is 3.18. The largest absolute Gasteiger partial charge is 0.397 e. The van der Waals surface area contributed by atoms with Crippen LogP contribution in [-0.4, -0.2) is 20.5 Å². The fourth-order valence-electron chi connectivity index (χ4n) is 1.99. The van der Waals surface area contributed by atoms with Gasteiger partial charge in [0, 0.05) is 5.39 Å². The maximum Gasteiger partial charge on any atom is 0.254 e. The van der Waals surface area contributed by atoms with Crippen molar-refractivity contribution in [2.45, 2.75) is 0 Å². The Kier molecular flexibility index (Phi) is 1.79. The number of nitrogen functional groups attached to an aromatic ring is 1. The summed E-state index contributed by atoms with van der Waals surface area (Å²) in [6, 6.07) is 7.44. The van der Waals surface area contributed by atoms with E-state index in [-0.39, 0.29) is 5.56 Å². The summed E-state index contributed by atoms with van der Waals surface area (Å²) in [5.41, 5.74) is 13.1. The molecular weight excluding hydrogens is 218 g/mol. The van der Waals surface area contributed by atoms with Crippen molar-refractivity contribution in [3.8, 4) is 0 Å². The molecule has 3 aromatic rings. The first kappa shape index (κ1) is 9.59. The number of benzene rings is 1. The van der Waals surface area contributed by atoms with Gasteiger partial charge in [-0.15, -0.1) is 10.2 Å². The summed E-state index contributed by atoms with van der Waals surface area (Å²) in [7, 11) is 0. The van der Waals surface area contributed by atoms with Gasteiger partial charge in [0.05, 0.1) is 11.2 Å². The van der Waals surface area contributed by atoms with Gasteiger partial charge >= 0.3 is 0 Å². The van der Waals surface area contributed by atoms with Gasteiger partial charge in [-0.2, -0.15) is 0 Å². The lowest BCUT2D eigenvalue weighted by Gasteiger charge is -2.08. The van der Waals surface area contributed by atoms with Crippen LogP contribution in [0, 0.1) is 0 Å². The van der Waals surface area contributed by atoms with Crippen molar-refractivity contribution in [2.24, 2.45) is 5.73 Å². The van der Waals surface area contributed by atoms with Gasteiger partial charge in [0.25, 0.3) is 5.91 Å². The van der Waals surface area contributed by atoms with E-state index in [2.05, 4.69) is 10.2 Å². The lowest BCUT2D eigenvalue weighted by atomic mass is 10.1. The van der Waals surface area contributed by atoms with E-state index in [0.29, 0.717) is 11.3 Å². The number of aromatic nitrogens is 3. The highest BCUT2D eigenvalue weighted by Gasteiger charge is 2.17. The van der Waals surface area contributed by atoms with Crippen molar-refractivity contribution in [3.05, 3.63) is 36.2 Å². The quantitative estimate of drug-likeness (QED) is 0.634. The topological polar surface area (TPSA) is 99.3 Å². The van der Waals surface area contributed by atoms with Gasteiger partial charge in [-0.05, 0) is 6.07 Å². The van der Waals surface area contributed by atoms with Crippen LogP contribution < -0.4 is 11.5 Å². The Balaban J connectivity index is 2.65. The molecule has 0 spiro atoms. The monoisotopic (exact) mass is 227 g/mol. The second-order valence-corrected chi connectivity index (χ2v) is 3.69. The molecule has 4 N–H and O–H groups in total. The third-order valence-corrected chi connectivity index (χ3v) is 2.74. The standard InChI is InChI=1S/C11H9N5O/c12-9-6-3-1-2-4-7(6)16-5-14-15-11(16)8(9)10(13)17/h1-5H,12H2,(H2,13,17). The number of nitrogens with two attached hydrogens (primary N) is 2. The van der Waals surface area contributed by atoms with Crippen LogP contribution in [0.15, 0.2) is 30.6 Å². The van der Waals surface area contributed by atoms with E-state index in [1.165, 1.54) is 6.33 Å². The molecule has 1 amide bonds. The van der Waals surface area contributed by atoms with Gasteiger partial charge in [0.1, 0.15) is 11.9 Å². The Morgan fingerprint density at radius 2 is 2.06 bits per heavy atom. The molecule has 0 aliphatic rings. The van der Waals surface area contributed by atoms with Gasteiger partial charge in [0.2, 0.25) is 0 Å². The van der Waals surface area contributed by atoms with Gasteiger partial charge in [-0.1, -0.05) is 18.2 Å². The summed E-state index contributed by atoms with van der Waals surface area (Å²) in [6.07, 6.45) is 1.53. The van der Waals surface area contributed by atoms with Crippen molar-refractivity contribution in [1.29, 1.82) is 0 Å². The highest BCUT2D eigenvalue weighted by atomic mass is 16.1. The molecule has 0 fully saturated rings. The van der Waals surface area contributed by atoms with Crippen molar-refractivity contribution < 1.29 is 4.79 Å². The molecule has 0 aliphatic heterocycles. The molecule has 6 nitrogen and oxygen atoms in total. The lowest BCUT2D eigenvalue weighted by Crippen LogP contribution is -2.16. The van der Waals surface area contributed by atoms with Crippen molar-refractivity contribution >= 4 is 28.1 Å². The van der Waals surface area contributed by atoms with Crippen LogP contribution in [-0.2, 0) is 0 Å². The lowest BCUT2D eigenvalue weighted by molar-refractivity contribution is 0.100. The summed E-state index contributed by atoms with van der Waals surface area (Å²) >= 11 is 0. The predicted molar refractivity (Wildman–Crippen MR) is 63.4 cm³/mol. The third-order valence-electron chi connectivity index (χ3n) is 2.74. The Morgan fingerprint density at radius 1 is 1.29 bits per heavy atom. The SMILES string of the molecule is NC(=O)c1c(N)c2ccccc2n2cnnc12. The molecule has 1 aromatic carbocycles. The average Bonchev–Trinajstić information content (AvgIpc) is 2.78. The predicted octanol–water partition coefficient (Wildman–Crippen LogP) is 0.564. The fourth-order valence-corrected chi connectivity index (χ4v) is 1.99. The summed E-state index contributed by atoms with van der Waals surface area (Å²) in [5, 5.41) is 8.43. The molecule has 0 radical (unpaired) electrons. The molecule has 0 saturated carbocycles. The Bertz CT molecular complexity index is 746. The van der Waals surface area contributed by atoms with Gasteiger partial charge in [0.15, 0.2) is 5.65 Å². The molecular formula is C11H9N5O. The molecule has 3 rings (SSSR count). The van der Waals surface area contributed by atoms with E-state index in [4.69, 9.17) is 11.5 Å². The van der Waals surface area contributed by atoms with Crippen molar-refractivity contribution in [3.63, 3.8) is 0 Å². The van der Waals surface area contributed by atoms with E-state index in [9.17, 15) is 4.79 Å². The number of primary amides is 1. The number of carbonyl (C=O) groups excluding carboxylic acids is 1. The number of hydrogen-bond acceptors (Lipinski definition) is 4. The highest BCUT2D eigenvalue weighted by Crippen LogP contribution is 2.27. The minimum Gasteiger partial charge on any atom is -0.397 e. The van der Waals surface area contributed by atoms with Crippen LogP contribution in [0.1, 0.15) is 10.4 Å². The van der Waals surface area contributed by atoms with Crippen LogP contribution in [0.4, 0.5) is 5.69 Å². The Morgan fingerprint density at radius 3 is 2.82 bits per heavy atom. The maximum absolute atomic E-state index is 11.4. The van der Waals surface area contributed by atoms with E-state index < -0.39 is 5.91 Å². The van der Waals surface area contributed by atoms with Crippen LogP contribution >= 0.6 is 0 Å². The number of pyridine rings is 1. The summed E-state index contributed by atoms with van der Waals surface area (Å²) < 4.78 is 1.70. The summed E-state index contributed by atoms with van der Waals surface area (Å²) in [4.78, 5) is 11.4. The van der Waals surface area contributed by atoms with Crippen LogP contribution in [0.5, 0.6) is 0 Å². The molecule has 2 aromatic heterocycles. The third kappa shape index (κ3) is 1.17. The molecule has 0 atom stereocenters. The van der Waals surface area contributed by atoms with Gasteiger partial charge in [-0.25, -0.2) is 0 Å². The number of rotatable bonds is 1. The molecule has 2 heterocycles. The molecule has 84 valence electrons. The first-order valence-corrected chi connectivity index (χ1v) is 5.00. The number of nitrogens with zero attached hydrogens (tertiary/aromatic N) is 3. The number of carbonyl (C=O) groups is 1. The first-order valence-electron chi connectivity index (χ1n) is 5.00. The van der Waals surface area contributed by atoms with E-state index in [1.54, 1.807) is 4.40 Å². The van der Waals surface area contributed by atoms with Crippen LogP contribution in [0.3, 0.4) is 0 Å². The number of amides is 1. The number of para-hydroxylation sites is 1. The minimum absolute atomic E-state index is 0.209. The Hall–Kier alpha value is -2.63. The van der Waals surface area contributed by atoms with E-state index >= 15 is 0 Å². The van der Waals surface area contributed by atoms with Gasteiger partial charge < -0.3 is 11.5 Å². The Labute approximate surface area is 95.8 Å². The first-order chi connectivity index (χ1) is 8.20. The van der Waals surface area contributed by atoms with Crippen molar-refractivity contribution in [1.82, 2.24) is 14.6 Å². The summed E-state index contributed by atoms with van der Waals surface area (Å²) in [5.74, 6) is -0.605. The molecule has 0 unspecified atom stereocenters. The maximum atomic E-state index is 11.4.